The SMILES string of the molecule is OC(CC1c2ccccc2-c2nccn21)[C@H]1CC[C@H](OCc2ccccn2)CC1. The minimum Gasteiger partial charge on any atom is -0.393 e. The number of nitrogens with zero attached hydrogens (tertiary/aromatic N) is 3. The first-order chi connectivity index (χ1) is 14.3. The second-order valence-electron chi connectivity index (χ2n) is 8.23. The summed E-state index contributed by atoms with van der Waals surface area (Å²) in [5.74, 6) is 1.36. The maximum absolute atomic E-state index is 11.0. The fraction of sp³-hybridized carbons (Fsp3) is 0.417. The Morgan fingerprint density at radius 2 is 1.83 bits per heavy atom. The van der Waals surface area contributed by atoms with Crippen molar-refractivity contribution in [3.63, 3.8) is 0 Å². The molecule has 2 unspecified atom stereocenters. The second-order valence-corrected chi connectivity index (χ2v) is 8.23. The van der Waals surface area contributed by atoms with Crippen LogP contribution in [0.2, 0.25) is 0 Å². The highest BCUT2D eigenvalue weighted by Gasteiger charge is 2.34. The minimum absolute atomic E-state index is 0.178. The molecule has 1 aromatic carbocycles. The Balaban J connectivity index is 1.17. The zero-order chi connectivity index (χ0) is 19.6. The molecule has 2 aromatic heterocycles. The van der Waals surface area contributed by atoms with Crippen molar-refractivity contribution in [2.45, 2.75) is 57.0 Å². The van der Waals surface area contributed by atoms with E-state index in [4.69, 9.17) is 4.74 Å². The molecule has 1 fully saturated rings. The van der Waals surface area contributed by atoms with Crippen LogP contribution in [0, 0.1) is 5.92 Å². The van der Waals surface area contributed by atoms with Gasteiger partial charge in [0.1, 0.15) is 5.82 Å². The number of imidazole rings is 1. The van der Waals surface area contributed by atoms with Crippen LogP contribution in [0.25, 0.3) is 11.4 Å². The van der Waals surface area contributed by atoms with Crippen LogP contribution in [0.5, 0.6) is 0 Å². The average Bonchev–Trinajstić information content (AvgIpc) is 3.36. The quantitative estimate of drug-likeness (QED) is 0.680. The fourth-order valence-electron chi connectivity index (χ4n) is 4.90. The molecule has 2 aliphatic rings. The first-order valence-electron chi connectivity index (χ1n) is 10.6. The molecule has 150 valence electrons. The number of aliphatic hydroxyl groups is 1. The van der Waals surface area contributed by atoms with Crippen molar-refractivity contribution in [3.8, 4) is 11.4 Å². The van der Waals surface area contributed by atoms with Crippen LogP contribution in [0.4, 0.5) is 0 Å². The van der Waals surface area contributed by atoms with Crippen LogP contribution in [-0.4, -0.2) is 31.8 Å². The molecule has 2 atom stereocenters. The predicted octanol–water partition coefficient (Wildman–Crippen LogP) is 4.37. The van der Waals surface area contributed by atoms with Crippen LogP contribution >= 0.6 is 0 Å². The highest BCUT2D eigenvalue weighted by molar-refractivity contribution is 5.66. The topological polar surface area (TPSA) is 60.2 Å². The zero-order valence-electron chi connectivity index (χ0n) is 16.5. The summed E-state index contributed by atoms with van der Waals surface area (Å²) in [6.45, 7) is 0.570. The summed E-state index contributed by atoms with van der Waals surface area (Å²) in [6.07, 6.45) is 10.4. The highest BCUT2D eigenvalue weighted by atomic mass is 16.5. The average molecular weight is 389 g/mol. The molecule has 0 spiro atoms. The van der Waals surface area contributed by atoms with Gasteiger partial charge in [0.05, 0.1) is 30.6 Å². The maximum Gasteiger partial charge on any atom is 0.140 e. The summed E-state index contributed by atoms with van der Waals surface area (Å²) < 4.78 is 8.27. The van der Waals surface area contributed by atoms with Gasteiger partial charge >= 0.3 is 0 Å². The summed E-state index contributed by atoms with van der Waals surface area (Å²) in [5, 5.41) is 11.0. The van der Waals surface area contributed by atoms with Crippen LogP contribution in [0.1, 0.15) is 49.4 Å². The Morgan fingerprint density at radius 3 is 2.66 bits per heavy atom. The number of benzene rings is 1. The van der Waals surface area contributed by atoms with Gasteiger partial charge in [0.2, 0.25) is 0 Å². The van der Waals surface area contributed by atoms with E-state index in [0.717, 1.165) is 43.6 Å². The molecular weight excluding hydrogens is 362 g/mol. The summed E-state index contributed by atoms with van der Waals surface area (Å²) >= 11 is 0. The lowest BCUT2D eigenvalue weighted by Gasteiger charge is -2.32. The molecule has 0 saturated heterocycles. The maximum atomic E-state index is 11.0. The van der Waals surface area contributed by atoms with Gasteiger partial charge in [-0.2, -0.15) is 0 Å². The number of aromatic nitrogens is 3. The van der Waals surface area contributed by atoms with Gasteiger partial charge in [0, 0.05) is 24.2 Å². The van der Waals surface area contributed by atoms with Crippen molar-refractivity contribution < 1.29 is 9.84 Å². The number of hydrogen-bond acceptors (Lipinski definition) is 4. The Bertz CT molecular complexity index is 948. The van der Waals surface area contributed by atoms with Gasteiger partial charge in [-0.15, -0.1) is 0 Å². The number of fused-ring (bicyclic) bond motifs is 3. The molecule has 3 aromatic rings. The predicted molar refractivity (Wildman–Crippen MR) is 111 cm³/mol. The molecule has 1 aliphatic carbocycles. The van der Waals surface area contributed by atoms with E-state index >= 15 is 0 Å². The highest BCUT2D eigenvalue weighted by Crippen LogP contribution is 2.42. The molecule has 5 nitrogen and oxygen atoms in total. The lowest BCUT2D eigenvalue weighted by Crippen LogP contribution is -2.30. The van der Waals surface area contributed by atoms with E-state index in [9.17, 15) is 5.11 Å². The van der Waals surface area contributed by atoms with E-state index in [0.29, 0.717) is 12.5 Å². The molecule has 1 saturated carbocycles. The Kier molecular flexibility index (Phi) is 5.17. The van der Waals surface area contributed by atoms with E-state index in [1.54, 1.807) is 6.20 Å². The van der Waals surface area contributed by atoms with Crippen molar-refractivity contribution in [2.24, 2.45) is 5.92 Å². The molecule has 5 heteroatoms. The summed E-state index contributed by atoms with van der Waals surface area (Å²) in [4.78, 5) is 8.85. The number of aliphatic hydroxyl groups excluding tert-OH is 1. The van der Waals surface area contributed by atoms with Gasteiger partial charge in [0.25, 0.3) is 0 Å². The molecule has 1 N–H and O–H groups in total. The van der Waals surface area contributed by atoms with Crippen LogP contribution in [0.3, 0.4) is 0 Å². The number of pyridine rings is 1. The zero-order valence-corrected chi connectivity index (χ0v) is 16.5. The third-order valence-electron chi connectivity index (χ3n) is 6.49. The molecule has 5 rings (SSSR count). The fourth-order valence-corrected chi connectivity index (χ4v) is 4.90. The first-order valence-corrected chi connectivity index (χ1v) is 10.6. The normalized spacial score (nSPS) is 24.1. The van der Waals surface area contributed by atoms with Crippen LogP contribution in [-0.2, 0) is 11.3 Å². The Labute approximate surface area is 171 Å². The van der Waals surface area contributed by atoms with Crippen molar-refractivity contribution in [3.05, 3.63) is 72.3 Å². The standard InChI is InChI=1S/C24H27N3O2/c28-23(15-22-20-6-1-2-7-21(20)24-26-13-14-27(22)24)17-8-10-19(11-9-17)29-16-18-5-3-4-12-25-18/h1-7,12-14,17,19,22-23,28H,8-11,15-16H2/t17-,19-,22?,23?. The molecular formula is C24H27N3O2. The number of ether oxygens (including phenoxy) is 1. The van der Waals surface area contributed by atoms with Crippen molar-refractivity contribution in [2.75, 3.05) is 0 Å². The molecule has 3 heterocycles. The largest absolute Gasteiger partial charge is 0.393 e. The van der Waals surface area contributed by atoms with Crippen molar-refractivity contribution in [1.29, 1.82) is 0 Å². The number of hydrogen-bond donors (Lipinski definition) is 1. The van der Waals surface area contributed by atoms with E-state index in [2.05, 4.69) is 38.8 Å². The third-order valence-corrected chi connectivity index (χ3v) is 6.49. The smallest absolute Gasteiger partial charge is 0.140 e. The van der Waals surface area contributed by atoms with E-state index in [1.165, 1.54) is 11.1 Å². The van der Waals surface area contributed by atoms with Gasteiger partial charge in [-0.05, 0) is 55.7 Å². The Morgan fingerprint density at radius 1 is 1.00 bits per heavy atom. The molecule has 29 heavy (non-hydrogen) atoms. The summed E-state index contributed by atoms with van der Waals surface area (Å²) in [6, 6.07) is 14.5. The van der Waals surface area contributed by atoms with Gasteiger partial charge < -0.3 is 14.4 Å². The Hall–Kier alpha value is -2.50. The lowest BCUT2D eigenvalue weighted by atomic mass is 9.81. The van der Waals surface area contributed by atoms with E-state index < -0.39 is 0 Å². The first kappa shape index (κ1) is 18.5. The molecule has 0 bridgehead atoms. The van der Waals surface area contributed by atoms with Gasteiger partial charge in [0.15, 0.2) is 0 Å². The lowest BCUT2D eigenvalue weighted by molar-refractivity contribution is -0.0170. The summed E-state index contributed by atoms with van der Waals surface area (Å²) in [7, 11) is 0. The monoisotopic (exact) mass is 389 g/mol. The van der Waals surface area contributed by atoms with E-state index in [-0.39, 0.29) is 18.2 Å². The van der Waals surface area contributed by atoms with Crippen molar-refractivity contribution >= 4 is 0 Å². The van der Waals surface area contributed by atoms with Gasteiger partial charge in [-0.3, -0.25) is 4.98 Å². The summed E-state index contributed by atoms with van der Waals surface area (Å²) in [5.41, 5.74) is 3.45. The third kappa shape index (κ3) is 3.72. The molecule has 0 radical (unpaired) electrons. The molecule has 0 amide bonds. The van der Waals surface area contributed by atoms with Crippen LogP contribution in [0.15, 0.2) is 61.1 Å². The van der Waals surface area contributed by atoms with Crippen molar-refractivity contribution in [1.82, 2.24) is 14.5 Å². The van der Waals surface area contributed by atoms with Gasteiger partial charge in [-0.25, -0.2) is 4.98 Å². The number of rotatable bonds is 6. The van der Waals surface area contributed by atoms with Crippen LogP contribution < -0.4 is 0 Å². The second kappa shape index (κ2) is 8.09. The minimum atomic E-state index is -0.307. The van der Waals surface area contributed by atoms with E-state index in [1.807, 2.05) is 30.6 Å². The molecule has 1 aliphatic heterocycles. The van der Waals surface area contributed by atoms with Gasteiger partial charge in [-0.1, -0.05) is 30.3 Å².